The van der Waals surface area contributed by atoms with E-state index in [1.54, 1.807) is 6.92 Å². The second kappa shape index (κ2) is 7.99. The van der Waals surface area contributed by atoms with Gasteiger partial charge in [-0.15, -0.1) is 0 Å². The summed E-state index contributed by atoms with van der Waals surface area (Å²) in [6.45, 7) is 11.8. The number of likely N-dealkylation sites (tertiary alicyclic amines) is 1. The number of hydrogen-bond acceptors (Lipinski definition) is 4. The third-order valence-electron chi connectivity index (χ3n) is 3.57. The van der Waals surface area contributed by atoms with E-state index < -0.39 is 17.7 Å². The zero-order valence-electron chi connectivity index (χ0n) is 14.8. The SMILES string of the molecule is C=C(/C=C(/C)C(=N)N1CCC(NC(=O)OC(C)(C)C)CC1)C(=O)O. The van der Waals surface area contributed by atoms with Crippen LogP contribution in [0.1, 0.15) is 40.5 Å². The molecule has 7 heteroatoms. The molecule has 1 aliphatic rings. The summed E-state index contributed by atoms with van der Waals surface area (Å²) in [5.41, 5.74) is -0.0128. The molecule has 3 N–H and O–H groups in total. The second-order valence-corrected chi connectivity index (χ2v) is 6.91. The summed E-state index contributed by atoms with van der Waals surface area (Å²) in [7, 11) is 0. The molecular formula is C17H27N3O4. The van der Waals surface area contributed by atoms with Crippen molar-refractivity contribution in [1.29, 1.82) is 5.41 Å². The fraction of sp³-hybridized carbons (Fsp3) is 0.588. The molecule has 134 valence electrons. The van der Waals surface area contributed by atoms with Crippen molar-refractivity contribution < 1.29 is 19.4 Å². The van der Waals surface area contributed by atoms with Crippen molar-refractivity contribution in [3.05, 3.63) is 23.8 Å². The highest BCUT2D eigenvalue weighted by molar-refractivity contribution is 5.98. The lowest BCUT2D eigenvalue weighted by molar-refractivity contribution is -0.132. The lowest BCUT2D eigenvalue weighted by Crippen LogP contribution is -2.47. The number of carbonyl (C=O) groups excluding carboxylic acids is 1. The molecule has 1 heterocycles. The van der Waals surface area contributed by atoms with E-state index in [2.05, 4.69) is 11.9 Å². The van der Waals surface area contributed by atoms with Crippen molar-refractivity contribution in [3.63, 3.8) is 0 Å². The van der Waals surface area contributed by atoms with Gasteiger partial charge in [0.2, 0.25) is 0 Å². The first-order chi connectivity index (χ1) is 11.0. The number of nitrogens with zero attached hydrogens (tertiary/aromatic N) is 1. The van der Waals surface area contributed by atoms with Crippen LogP contribution in [0.4, 0.5) is 4.79 Å². The van der Waals surface area contributed by atoms with Crippen molar-refractivity contribution >= 4 is 17.9 Å². The minimum absolute atomic E-state index is 0.0159. The molecule has 0 aromatic rings. The van der Waals surface area contributed by atoms with Crippen LogP contribution < -0.4 is 5.32 Å². The van der Waals surface area contributed by atoms with Crippen molar-refractivity contribution in [2.75, 3.05) is 13.1 Å². The average Bonchev–Trinajstić information content (AvgIpc) is 2.44. The molecule has 0 aromatic carbocycles. The van der Waals surface area contributed by atoms with Crippen LogP contribution in [0.5, 0.6) is 0 Å². The smallest absolute Gasteiger partial charge is 0.407 e. The molecule has 0 aliphatic carbocycles. The number of carboxylic acid groups (broad SMARTS) is 1. The van der Waals surface area contributed by atoms with Crippen molar-refractivity contribution in [1.82, 2.24) is 10.2 Å². The molecule has 1 fully saturated rings. The van der Waals surface area contributed by atoms with Crippen LogP contribution in [0.25, 0.3) is 0 Å². The highest BCUT2D eigenvalue weighted by atomic mass is 16.6. The van der Waals surface area contributed by atoms with Crippen LogP contribution in [0.2, 0.25) is 0 Å². The standard InChI is InChI=1S/C17H27N3O4/c1-11(10-12(2)15(21)22)14(18)20-8-6-13(7-9-20)19-16(23)24-17(3,4)5/h10,13,18H,2,6-9H2,1,3-5H3,(H,19,23)(H,21,22)/b11-10-,18-14?. The van der Waals surface area contributed by atoms with E-state index in [0.29, 0.717) is 31.5 Å². The lowest BCUT2D eigenvalue weighted by Gasteiger charge is -2.34. The number of amidine groups is 1. The summed E-state index contributed by atoms with van der Waals surface area (Å²) < 4.78 is 5.24. The highest BCUT2D eigenvalue weighted by Gasteiger charge is 2.25. The fourth-order valence-corrected chi connectivity index (χ4v) is 2.36. The summed E-state index contributed by atoms with van der Waals surface area (Å²) >= 11 is 0. The van der Waals surface area contributed by atoms with Crippen LogP contribution in [0.15, 0.2) is 23.8 Å². The Morgan fingerprint density at radius 2 is 1.88 bits per heavy atom. The average molecular weight is 337 g/mol. The van der Waals surface area contributed by atoms with E-state index in [9.17, 15) is 9.59 Å². The molecule has 0 aromatic heterocycles. The van der Waals surface area contributed by atoms with Gasteiger partial charge in [0, 0.05) is 19.1 Å². The van der Waals surface area contributed by atoms with Crippen LogP contribution in [0.3, 0.4) is 0 Å². The van der Waals surface area contributed by atoms with E-state index in [1.807, 2.05) is 25.7 Å². The zero-order valence-corrected chi connectivity index (χ0v) is 14.8. The number of aliphatic carboxylic acids is 1. The third kappa shape index (κ3) is 6.44. The fourth-order valence-electron chi connectivity index (χ4n) is 2.36. The normalized spacial score (nSPS) is 16.5. The second-order valence-electron chi connectivity index (χ2n) is 6.91. The summed E-state index contributed by atoms with van der Waals surface area (Å²) in [6, 6.07) is 0.0159. The maximum Gasteiger partial charge on any atom is 0.407 e. The topological polar surface area (TPSA) is 103 Å². The number of ether oxygens (including phenoxy) is 1. The van der Waals surface area contributed by atoms with Crippen LogP contribution in [-0.4, -0.2) is 52.6 Å². The van der Waals surface area contributed by atoms with Crippen LogP contribution in [-0.2, 0) is 9.53 Å². The number of hydrogen-bond donors (Lipinski definition) is 3. The molecule has 0 unspecified atom stereocenters. The molecule has 1 saturated heterocycles. The van der Waals surface area contributed by atoms with E-state index in [1.165, 1.54) is 6.08 Å². The Morgan fingerprint density at radius 3 is 2.33 bits per heavy atom. The molecule has 0 spiro atoms. The van der Waals surface area contributed by atoms with Crippen molar-refractivity contribution in [2.24, 2.45) is 0 Å². The Hall–Kier alpha value is -2.31. The van der Waals surface area contributed by atoms with Gasteiger partial charge >= 0.3 is 12.1 Å². The summed E-state index contributed by atoms with van der Waals surface area (Å²) in [4.78, 5) is 24.4. The number of carbonyl (C=O) groups is 2. The van der Waals surface area contributed by atoms with Gasteiger partial charge in [-0.05, 0) is 52.2 Å². The monoisotopic (exact) mass is 337 g/mol. The number of carboxylic acids is 1. The largest absolute Gasteiger partial charge is 0.478 e. The quantitative estimate of drug-likeness (QED) is 0.317. The van der Waals surface area contributed by atoms with Gasteiger partial charge in [0.25, 0.3) is 0 Å². The zero-order chi connectivity index (χ0) is 18.5. The highest BCUT2D eigenvalue weighted by Crippen LogP contribution is 2.15. The van der Waals surface area contributed by atoms with Gasteiger partial charge in [0.15, 0.2) is 0 Å². The molecule has 0 saturated carbocycles. The van der Waals surface area contributed by atoms with E-state index in [-0.39, 0.29) is 17.5 Å². The van der Waals surface area contributed by atoms with Crippen molar-refractivity contribution in [3.8, 4) is 0 Å². The number of rotatable bonds is 4. The van der Waals surface area contributed by atoms with Gasteiger partial charge in [-0.2, -0.15) is 0 Å². The molecule has 0 atom stereocenters. The first-order valence-electron chi connectivity index (χ1n) is 7.93. The van der Waals surface area contributed by atoms with Gasteiger partial charge in [0.05, 0.1) is 5.57 Å². The van der Waals surface area contributed by atoms with Crippen molar-refractivity contribution in [2.45, 2.75) is 52.2 Å². The Labute approximate surface area is 142 Å². The molecular weight excluding hydrogens is 310 g/mol. The predicted molar refractivity (Wildman–Crippen MR) is 92.2 cm³/mol. The third-order valence-corrected chi connectivity index (χ3v) is 3.57. The molecule has 24 heavy (non-hydrogen) atoms. The molecule has 1 amide bonds. The molecule has 1 rings (SSSR count). The lowest BCUT2D eigenvalue weighted by atomic mass is 10.0. The maximum atomic E-state index is 11.8. The van der Waals surface area contributed by atoms with Gasteiger partial charge in [-0.1, -0.05) is 6.58 Å². The number of amides is 1. The van der Waals surface area contributed by atoms with Crippen LogP contribution >= 0.6 is 0 Å². The maximum absolute atomic E-state index is 11.8. The summed E-state index contributed by atoms with van der Waals surface area (Å²) in [5.74, 6) is -0.810. The number of alkyl carbamates (subject to hydrolysis) is 1. The first kappa shape index (κ1) is 19.7. The Kier molecular flexibility index (Phi) is 6.57. The minimum Gasteiger partial charge on any atom is -0.478 e. The molecule has 0 radical (unpaired) electrons. The van der Waals surface area contributed by atoms with Gasteiger partial charge in [-0.3, -0.25) is 5.41 Å². The van der Waals surface area contributed by atoms with Crippen LogP contribution in [0, 0.1) is 5.41 Å². The Morgan fingerprint density at radius 1 is 1.33 bits per heavy atom. The van der Waals surface area contributed by atoms with E-state index in [0.717, 1.165) is 0 Å². The van der Waals surface area contributed by atoms with Gasteiger partial charge < -0.3 is 20.1 Å². The first-order valence-corrected chi connectivity index (χ1v) is 7.93. The molecule has 1 aliphatic heterocycles. The van der Waals surface area contributed by atoms with Gasteiger partial charge in [0.1, 0.15) is 11.4 Å². The Balaban J connectivity index is 2.50. The van der Waals surface area contributed by atoms with E-state index in [4.69, 9.17) is 15.3 Å². The number of nitrogens with one attached hydrogen (secondary N) is 2. The Bertz CT molecular complexity index is 553. The molecule has 7 nitrogen and oxygen atoms in total. The summed E-state index contributed by atoms with van der Waals surface area (Å²) in [5, 5.41) is 19.8. The minimum atomic E-state index is -1.09. The summed E-state index contributed by atoms with van der Waals surface area (Å²) in [6.07, 6.45) is 2.38. The van der Waals surface area contributed by atoms with Gasteiger partial charge in [-0.25, -0.2) is 9.59 Å². The van der Waals surface area contributed by atoms with E-state index >= 15 is 0 Å². The predicted octanol–water partition coefficient (Wildman–Crippen LogP) is 2.54. The number of piperidine rings is 1. The molecule has 0 bridgehead atoms.